The van der Waals surface area contributed by atoms with Gasteiger partial charge in [0.2, 0.25) is 0 Å². The Hall–Kier alpha value is -3.42. The lowest BCUT2D eigenvalue weighted by Crippen LogP contribution is -2.31. The van der Waals surface area contributed by atoms with E-state index in [4.69, 9.17) is 9.47 Å². The predicted molar refractivity (Wildman–Crippen MR) is 132 cm³/mol. The molecule has 0 bridgehead atoms. The number of amides is 1. The Labute approximate surface area is 203 Å². The molecule has 7 heteroatoms. The van der Waals surface area contributed by atoms with E-state index in [-0.39, 0.29) is 11.3 Å². The van der Waals surface area contributed by atoms with Gasteiger partial charge in [0.05, 0.1) is 11.6 Å². The second-order valence-electron chi connectivity index (χ2n) is 8.16. The number of carbonyl (C=O) groups is 2. The number of methoxy groups -OCH3 is 1. The molecular formula is C27H27NO5S. The summed E-state index contributed by atoms with van der Waals surface area (Å²) in [7, 11) is 1.60. The molecule has 176 valence electrons. The van der Waals surface area contributed by atoms with E-state index in [0.29, 0.717) is 37.5 Å². The Morgan fingerprint density at radius 3 is 2.56 bits per heavy atom. The van der Waals surface area contributed by atoms with E-state index in [0.717, 1.165) is 10.4 Å². The summed E-state index contributed by atoms with van der Waals surface area (Å²) < 4.78 is 11.0. The molecular weight excluding hydrogens is 450 g/mol. The maximum absolute atomic E-state index is 13.0. The standard InChI is InChI=1S/C27H27NO5S/c1-18-6-3-7-19(16-18)17-33-21-11-9-20(10-12-21)25(29)23-24(22-8-4-15-34-22)28(13-5-14-32-2)27(31)26(23)30/h3-4,6-12,15-16,24,29H,5,13-14,17H2,1-2H3/b25-23+. The average molecular weight is 478 g/mol. The third kappa shape index (κ3) is 5.05. The van der Waals surface area contributed by atoms with Crippen LogP contribution in [0.25, 0.3) is 5.76 Å². The van der Waals surface area contributed by atoms with Crippen LogP contribution in [0.5, 0.6) is 5.75 Å². The maximum atomic E-state index is 13.0. The van der Waals surface area contributed by atoms with E-state index >= 15 is 0 Å². The summed E-state index contributed by atoms with van der Waals surface area (Å²) in [5.41, 5.74) is 2.80. The fraction of sp³-hybridized carbons (Fsp3) is 0.259. The Morgan fingerprint density at radius 2 is 1.88 bits per heavy atom. The van der Waals surface area contributed by atoms with E-state index in [1.165, 1.54) is 21.8 Å². The first-order valence-corrected chi connectivity index (χ1v) is 12.0. The van der Waals surface area contributed by atoms with E-state index in [9.17, 15) is 14.7 Å². The largest absolute Gasteiger partial charge is 0.507 e. The first-order chi connectivity index (χ1) is 16.5. The smallest absolute Gasteiger partial charge is 0.295 e. The van der Waals surface area contributed by atoms with Crippen molar-refractivity contribution < 1.29 is 24.2 Å². The Morgan fingerprint density at radius 1 is 1.09 bits per heavy atom. The molecule has 1 saturated heterocycles. The minimum atomic E-state index is -0.673. The van der Waals surface area contributed by atoms with Crippen LogP contribution in [0.1, 0.15) is 34.0 Å². The van der Waals surface area contributed by atoms with Crippen LogP contribution in [-0.2, 0) is 20.9 Å². The third-order valence-corrected chi connectivity index (χ3v) is 6.64. The van der Waals surface area contributed by atoms with Crippen molar-refractivity contribution in [2.45, 2.75) is 26.0 Å². The summed E-state index contributed by atoms with van der Waals surface area (Å²) >= 11 is 1.45. The van der Waals surface area contributed by atoms with Gasteiger partial charge in [0, 0.05) is 30.7 Å². The fourth-order valence-electron chi connectivity index (χ4n) is 4.07. The zero-order valence-corrected chi connectivity index (χ0v) is 20.0. The number of ether oxygens (including phenoxy) is 2. The number of ketones is 1. The molecule has 1 aliphatic rings. The van der Waals surface area contributed by atoms with Crippen molar-refractivity contribution in [3.63, 3.8) is 0 Å². The number of benzene rings is 2. The molecule has 4 rings (SSSR count). The van der Waals surface area contributed by atoms with Gasteiger partial charge in [0.25, 0.3) is 11.7 Å². The summed E-state index contributed by atoms with van der Waals surface area (Å²) in [6.07, 6.45) is 0.596. The fourth-order valence-corrected chi connectivity index (χ4v) is 4.91. The molecule has 1 amide bonds. The van der Waals surface area contributed by atoms with Crippen molar-refractivity contribution >= 4 is 28.8 Å². The summed E-state index contributed by atoms with van der Waals surface area (Å²) in [5.74, 6) is -0.814. The minimum Gasteiger partial charge on any atom is -0.507 e. The molecule has 3 aromatic rings. The predicted octanol–water partition coefficient (Wildman–Crippen LogP) is 5.09. The van der Waals surface area contributed by atoms with Gasteiger partial charge in [0.1, 0.15) is 18.1 Å². The number of rotatable bonds is 9. The summed E-state index contributed by atoms with van der Waals surface area (Å²) in [5, 5.41) is 13.0. The molecule has 6 nitrogen and oxygen atoms in total. The lowest BCUT2D eigenvalue weighted by Gasteiger charge is -2.24. The topological polar surface area (TPSA) is 76.1 Å². The van der Waals surface area contributed by atoms with Gasteiger partial charge in [-0.2, -0.15) is 0 Å². The number of thiophene rings is 1. The maximum Gasteiger partial charge on any atom is 0.295 e. The number of nitrogens with zero attached hydrogens (tertiary/aromatic N) is 1. The number of Topliss-reactive ketones (excluding diaryl/α,β-unsaturated/α-hetero) is 1. The van der Waals surface area contributed by atoms with Crippen LogP contribution in [0.2, 0.25) is 0 Å². The van der Waals surface area contributed by atoms with E-state index in [1.54, 1.807) is 31.4 Å². The Bertz CT molecular complexity index is 1180. The average Bonchev–Trinajstić information content (AvgIpc) is 3.45. The van der Waals surface area contributed by atoms with E-state index in [1.807, 2.05) is 42.6 Å². The number of hydrogen-bond donors (Lipinski definition) is 1. The first kappa shape index (κ1) is 23.7. The molecule has 1 N–H and O–H groups in total. The number of likely N-dealkylation sites (tertiary alicyclic amines) is 1. The highest BCUT2D eigenvalue weighted by atomic mass is 32.1. The van der Waals surface area contributed by atoms with Crippen molar-refractivity contribution in [2.24, 2.45) is 0 Å². The molecule has 1 aliphatic heterocycles. The molecule has 1 atom stereocenters. The van der Waals surface area contributed by atoms with Crippen molar-refractivity contribution in [3.05, 3.63) is 93.2 Å². The highest BCUT2D eigenvalue weighted by molar-refractivity contribution is 7.10. The SMILES string of the molecule is COCCCN1C(=O)C(=O)/C(=C(/O)c2ccc(OCc3cccc(C)c3)cc2)C1c1cccs1. The molecule has 2 heterocycles. The van der Waals surface area contributed by atoms with Crippen LogP contribution < -0.4 is 4.74 Å². The Balaban J connectivity index is 1.59. The van der Waals surface area contributed by atoms with Crippen molar-refractivity contribution in [2.75, 3.05) is 20.3 Å². The molecule has 0 radical (unpaired) electrons. The van der Waals surface area contributed by atoms with Gasteiger partial charge in [-0.05, 0) is 54.6 Å². The molecule has 1 unspecified atom stereocenters. The second kappa shape index (κ2) is 10.7. The quantitative estimate of drug-likeness (QED) is 0.201. The van der Waals surface area contributed by atoms with Crippen molar-refractivity contribution in [1.82, 2.24) is 4.90 Å². The van der Waals surface area contributed by atoms with Crippen LogP contribution in [-0.4, -0.2) is 42.0 Å². The number of carbonyl (C=O) groups excluding carboxylic acids is 2. The van der Waals surface area contributed by atoms with Gasteiger partial charge in [-0.1, -0.05) is 35.9 Å². The van der Waals surface area contributed by atoms with Crippen LogP contribution in [0, 0.1) is 6.92 Å². The van der Waals surface area contributed by atoms with Crippen molar-refractivity contribution in [3.8, 4) is 5.75 Å². The van der Waals surface area contributed by atoms with E-state index < -0.39 is 17.7 Å². The van der Waals surface area contributed by atoms with Gasteiger partial charge in [-0.25, -0.2) is 0 Å². The lowest BCUT2D eigenvalue weighted by atomic mass is 10.00. The second-order valence-corrected chi connectivity index (χ2v) is 9.14. The molecule has 34 heavy (non-hydrogen) atoms. The van der Waals surface area contributed by atoms with E-state index in [2.05, 4.69) is 6.07 Å². The Kier molecular flexibility index (Phi) is 7.45. The van der Waals surface area contributed by atoms with Gasteiger partial charge < -0.3 is 19.5 Å². The normalized spacial score (nSPS) is 17.4. The van der Waals surface area contributed by atoms with Crippen molar-refractivity contribution in [1.29, 1.82) is 0 Å². The molecule has 0 aliphatic carbocycles. The zero-order chi connectivity index (χ0) is 24.1. The number of aliphatic hydroxyl groups excluding tert-OH is 1. The van der Waals surface area contributed by atoms with Gasteiger partial charge >= 0.3 is 0 Å². The van der Waals surface area contributed by atoms with Crippen LogP contribution in [0.4, 0.5) is 0 Å². The van der Waals surface area contributed by atoms with Crippen LogP contribution in [0.3, 0.4) is 0 Å². The lowest BCUT2D eigenvalue weighted by molar-refractivity contribution is -0.140. The van der Waals surface area contributed by atoms with Crippen LogP contribution in [0.15, 0.2) is 71.6 Å². The third-order valence-electron chi connectivity index (χ3n) is 5.72. The number of hydrogen-bond acceptors (Lipinski definition) is 6. The molecule has 0 saturated carbocycles. The van der Waals surface area contributed by atoms with Crippen LogP contribution >= 0.6 is 11.3 Å². The highest BCUT2D eigenvalue weighted by Gasteiger charge is 2.46. The monoisotopic (exact) mass is 477 g/mol. The molecule has 1 aromatic heterocycles. The highest BCUT2D eigenvalue weighted by Crippen LogP contribution is 2.41. The summed E-state index contributed by atoms with van der Waals surface area (Å²) in [6, 6.07) is 18.1. The van der Waals surface area contributed by atoms with Gasteiger partial charge in [-0.15, -0.1) is 11.3 Å². The molecule has 1 fully saturated rings. The van der Waals surface area contributed by atoms with Gasteiger partial charge in [-0.3, -0.25) is 9.59 Å². The summed E-state index contributed by atoms with van der Waals surface area (Å²) in [6.45, 7) is 3.30. The number of aliphatic hydroxyl groups is 1. The molecule has 2 aromatic carbocycles. The zero-order valence-electron chi connectivity index (χ0n) is 19.2. The molecule has 0 spiro atoms. The summed E-state index contributed by atoms with van der Waals surface area (Å²) in [4.78, 5) is 28.1. The first-order valence-electron chi connectivity index (χ1n) is 11.1. The number of aryl methyl sites for hydroxylation is 1. The van der Waals surface area contributed by atoms with Gasteiger partial charge in [0.15, 0.2) is 0 Å². The minimum absolute atomic E-state index is 0.110.